The van der Waals surface area contributed by atoms with E-state index in [4.69, 9.17) is 17.4 Å². The number of nitrogens with one attached hydrogen (secondary N) is 1. The Kier molecular flexibility index (Phi) is 3.68. The van der Waals surface area contributed by atoms with Crippen molar-refractivity contribution in [2.75, 3.05) is 0 Å². The fourth-order valence-corrected chi connectivity index (χ4v) is 1.91. The number of halogens is 1. The first-order chi connectivity index (χ1) is 8.24. The van der Waals surface area contributed by atoms with Gasteiger partial charge < -0.3 is 0 Å². The van der Waals surface area contributed by atoms with Crippen LogP contribution in [0.15, 0.2) is 36.8 Å². The van der Waals surface area contributed by atoms with Crippen LogP contribution in [-0.2, 0) is 0 Å². The van der Waals surface area contributed by atoms with E-state index >= 15 is 0 Å². The van der Waals surface area contributed by atoms with Crippen molar-refractivity contribution in [2.45, 2.75) is 13.0 Å². The molecule has 0 bridgehead atoms. The summed E-state index contributed by atoms with van der Waals surface area (Å²) in [4.78, 5) is 8.29. The fraction of sp³-hybridized carbons (Fsp3) is 0.167. The van der Waals surface area contributed by atoms with Gasteiger partial charge in [-0.2, -0.15) is 0 Å². The van der Waals surface area contributed by atoms with Gasteiger partial charge in [0, 0.05) is 17.4 Å². The van der Waals surface area contributed by atoms with Crippen LogP contribution >= 0.6 is 11.6 Å². The molecule has 0 spiro atoms. The highest BCUT2D eigenvalue weighted by Crippen LogP contribution is 2.26. The largest absolute Gasteiger partial charge is 0.271 e. The van der Waals surface area contributed by atoms with Gasteiger partial charge in [0.1, 0.15) is 0 Å². The molecule has 88 valence electrons. The topological polar surface area (TPSA) is 63.8 Å². The third kappa shape index (κ3) is 2.44. The molecule has 17 heavy (non-hydrogen) atoms. The molecule has 0 aliphatic carbocycles. The van der Waals surface area contributed by atoms with Crippen molar-refractivity contribution >= 4 is 11.6 Å². The van der Waals surface area contributed by atoms with Crippen LogP contribution in [0.3, 0.4) is 0 Å². The summed E-state index contributed by atoms with van der Waals surface area (Å²) >= 11 is 6.10. The molecule has 0 amide bonds. The Morgan fingerprint density at radius 2 is 2.18 bits per heavy atom. The lowest BCUT2D eigenvalue weighted by molar-refractivity contribution is 0.615. The van der Waals surface area contributed by atoms with Crippen LogP contribution in [0.25, 0.3) is 0 Å². The monoisotopic (exact) mass is 248 g/mol. The molecule has 1 unspecified atom stereocenters. The van der Waals surface area contributed by atoms with Crippen molar-refractivity contribution in [3.05, 3.63) is 58.6 Å². The predicted octanol–water partition coefficient (Wildman–Crippen LogP) is 1.99. The van der Waals surface area contributed by atoms with E-state index in [1.54, 1.807) is 18.6 Å². The minimum absolute atomic E-state index is 0.206. The zero-order chi connectivity index (χ0) is 12.3. The van der Waals surface area contributed by atoms with Gasteiger partial charge in [0.05, 0.1) is 17.9 Å². The molecule has 2 aromatic rings. The first kappa shape index (κ1) is 12.0. The van der Waals surface area contributed by atoms with Gasteiger partial charge in [-0.3, -0.25) is 15.8 Å². The Balaban J connectivity index is 2.46. The van der Waals surface area contributed by atoms with Crippen molar-refractivity contribution < 1.29 is 0 Å². The number of rotatable bonds is 3. The maximum atomic E-state index is 6.10. The molecule has 4 nitrogen and oxygen atoms in total. The average molecular weight is 249 g/mol. The van der Waals surface area contributed by atoms with Crippen LogP contribution in [0.5, 0.6) is 0 Å². The van der Waals surface area contributed by atoms with Crippen LogP contribution in [0, 0.1) is 6.92 Å². The molecule has 0 radical (unpaired) electrons. The highest BCUT2D eigenvalue weighted by atomic mass is 35.5. The fourth-order valence-electron chi connectivity index (χ4n) is 1.73. The number of hydrogen-bond acceptors (Lipinski definition) is 4. The van der Waals surface area contributed by atoms with E-state index in [1.807, 2.05) is 25.1 Å². The zero-order valence-corrected chi connectivity index (χ0v) is 10.1. The molecule has 2 rings (SSSR count). The van der Waals surface area contributed by atoms with Crippen molar-refractivity contribution in [2.24, 2.45) is 5.84 Å². The molecule has 0 aliphatic heterocycles. The Bertz CT molecular complexity index is 501. The Morgan fingerprint density at radius 1 is 1.35 bits per heavy atom. The van der Waals surface area contributed by atoms with Crippen LogP contribution < -0.4 is 11.3 Å². The summed E-state index contributed by atoms with van der Waals surface area (Å²) in [5, 5.41) is 0.714. The van der Waals surface area contributed by atoms with Gasteiger partial charge in [-0.1, -0.05) is 23.7 Å². The van der Waals surface area contributed by atoms with E-state index in [9.17, 15) is 0 Å². The van der Waals surface area contributed by atoms with Gasteiger partial charge in [-0.15, -0.1) is 0 Å². The molecule has 3 N–H and O–H groups in total. The van der Waals surface area contributed by atoms with Gasteiger partial charge in [-0.25, -0.2) is 5.43 Å². The molecule has 0 saturated carbocycles. The summed E-state index contributed by atoms with van der Waals surface area (Å²) < 4.78 is 0. The number of benzene rings is 1. The van der Waals surface area contributed by atoms with Crippen molar-refractivity contribution in [1.82, 2.24) is 15.4 Å². The summed E-state index contributed by atoms with van der Waals surface area (Å²) in [6, 6.07) is 5.51. The third-order valence-corrected chi connectivity index (χ3v) is 3.08. The van der Waals surface area contributed by atoms with E-state index in [0.717, 1.165) is 16.8 Å². The minimum atomic E-state index is -0.206. The van der Waals surface area contributed by atoms with Gasteiger partial charge in [0.25, 0.3) is 0 Å². The second-order valence-electron chi connectivity index (χ2n) is 3.68. The Labute approximate surface area is 105 Å². The van der Waals surface area contributed by atoms with Gasteiger partial charge in [0.2, 0.25) is 0 Å². The number of aromatic nitrogens is 2. The number of nitrogens with zero attached hydrogens (tertiary/aromatic N) is 2. The molecule has 1 heterocycles. The summed E-state index contributed by atoms with van der Waals surface area (Å²) in [6.45, 7) is 1.96. The van der Waals surface area contributed by atoms with Gasteiger partial charge >= 0.3 is 0 Å². The van der Waals surface area contributed by atoms with Crippen LogP contribution in [0.2, 0.25) is 5.02 Å². The lowest BCUT2D eigenvalue weighted by Crippen LogP contribution is -2.30. The second-order valence-corrected chi connectivity index (χ2v) is 4.09. The Morgan fingerprint density at radius 3 is 2.82 bits per heavy atom. The zero-order valence-electron chi connectivity index (χ0n) is 9.39. The van der Waals surface area contributed by atoms with E-state index < -0.39 is 0 Å². The smallest absolute Gasteiger partial charge is 0.0900 e. The molecule has 0 aliphatic rings. The molecular formula is C12H13ClN4. The van der Waals surface area contributed by atoms with Crippen molar-refractivity contribution in [1.29, 1.82) is 0 Å². The quantitative estimate of drug-likeness (QED) is 0.644. The molecule has 1 aromatic carbocycles. The third-order valence-electron chi connectivity index (χ3n) is 2.67. The van der Waals surface area contributed by atoms with Crippen molar-refractivity contribution in [3.63, 3.8) is 0 Å². The van der Waals surface area contributed by atoms with E-state index in [1.165, 1.54) is 0 Å². The summed E-state index contributed by atoms with van der Waals surface area (Å²) in [5.74, 6) is 5.59. The second kappa shape index (κ2) is 5.23. The highest BCUT2D eigenvalue weighted by molar-refractivity contribution is 6.31. The first-order valence-electron chi connectivity index (χ1n) is 5.21. The first-order valence-corrected chi connectivity index (χ1v) is 5.59. The van der Waals surface area contributed by atoms with E-state index in [2.05, 4.69) is 15.4 Å². The van der Waals surface area contributed by atoms with Crippen LogP contribution in [0.4, 0.5) is 0 Å². The van der Waals surface area contributed by atoms with Gasteiger partial charge in [0.15, 0.2) is 0 Å². The lowest BCUT2D eigenvalue weighted by atomic mass is 9.99. The van der Waals surface area contributed by atoms with Gasteiger partial charge in [-0.05, 0) is 24.1 Å². The molecule has 5 heteroatoms. The van der Waals surface area contributed by atoms with E-state index in [-0.39, 0.29) is 6.04 Å². The average Bonchev–Trinajstić information content (AvgIpc) is 2.37. The molecule has 0 fully saturated rings. The number of hydrazine groups is 1. The molecule has 1 atom stereocenters. The molecule has 1 aromatic heterocycles. The molecular weight excluding hydrogens is 236 g/mol. The standard InChI is InChI=1S/C12H13ClN4/c1-8-9(3-2-4-10(8)13)12(17-14)11-7-15-5-6-16-11/h2-7,12,17H,14H2,1H3. The minimum Gasteiger partial charge on any atom is -0.271 e. The Hall–Kier alpha value is -1.49. The maximum absolute atomic E-state index is 6.10. The SMILES string of the molecule is Cc1c(Cl)cccc1C(NN)c1cnccn1. The molecule has 0 saturated heterocycles. The maximum Gasteiger partial charge on any atom is 0.0900 e. The highest BCUT2D eigenvalue weighted by Gasteiger charge is 2.16. The van der Waals surface area contributed by atoms with Crippen LogP contribution in [0.1, 0.15) is 22.9 Å². The number of nitrogens with two attached hydrogens (primary N) is 1. The predicted molar refractivity (Wildman–Crippen MR) is 67.4 cm³/mol. The summed E-state index contributed by atoms with van der Waals surface area (Å²) in [6.07, 6.45) is 4.95. The normalized spacial score (nSPS) is 12.4. The summed E-state index contributed by atoms with van der Waals surface area (Å²) in [7, 11) is 0. The number of hydrogen-bond donors (Lipinski definition) is 2. The lowest BCUT2D eigenvalue weighted by Gasteiger charge is -2.18. The van der Waals surface area contributed by atoms with Crippen molar-refractivity contribution in [3.8, 4) is 0 Å². The van der Waals surface area contributed by atoms with Crippen LogP contribution in [-0.4, -0.2) is 9.97 Å². The summed E-state index contributed by atoms with van der Waals surface area (Å²) in [5.41, 5.74) is 5.49. The van der Waals surface area contributed by atoms with E-state index in [0.29, 0.717) is 5.02 Å².